The molecular formula is C15H20N2O3. The van der Waals surface area contributed by atoms with Crippen molar-refractivity contribution in [2.24, 2.45) is 5.41 Å². The number of benzene rings is 1. The molecule has 0 spiro atoms. The summed E-state index contributed by atoms with van der Waals surface area (Å²) in [5.74, 6) is 0.118. The maximum absolute atomic E-state index is 12.7. The fourth-order valence-corrected chi connectivity index (χ4v) is 2.72. The molecule has 0 saturated carbocycles. The summed E-state index contributed by atoms with van der Waals surface area (Å²) in [5.41, 5.74) is 6.13. The highest BCUT2D eigenvalue weighted by Gasteiger charge is 2.50. The Balaban J connectivity index is 2.48. The first-order valence-electron chi connectivity index (χ1n) is 6.80. The second-order valence-corrected chi connectivity index (χ2v) is 5.13. The van der Waals surface area contributed by atoms with Gasteiger partial charge in [-0.3, -0.25) is 9.59 Å². The quantitative estimate of drug-likeness (QED) is 0.676. The Kier molecular flexibility index (Phi) is 3.70. The highest BCUT2D eigenvalue weighted by Crippen LogP contribution is 2.43. The summed E-state index contributed by atoms with van der Waals surface area (Å²) in [6, 6.07) is 4.94. The van der Waals surface area contributed by atoms with Gasteiger partial charge in [-0.25, -0.2) is 4.90 Å². The number of anilines is 2. The molecule has 0 unspecified atom stereocenters. The Labute approximate surface area is 118 Å². The number of methoxy groups -OCH3 is 1. The van der Waals surface area contributed by atoms with Crippen LogP contribution in [0.15, 0.2) is 18.2 Å². The van der Waals surface area contributed by atoms with E-state index in [1.807, 2.05) is 13.8 Å². The highest BCUT2D eigenvalue weighted by atomic mass is 16.5. The third-order valence-corrected chi connectivity index (χ3v) is 4.19. The highest BCUT2D eigenvalue weighted by molar-refractivity contribution is 6.23. The first kappa shape index (κ1) is 14.4. The van der Waals surface area contributed by atoms with Gasteiger partial charge in [-0.1, -0.05) is 13.8 Å². The van der Waals surface area contributed by atoms with Crippen molar-refractivity contribution in [3.63, 3.8) is 0 Å². The van der Waals surface area contributed by atoms with Gasteiger partial charge in [-0.05, 0) is 25.0 Å². The summed E-state index contributed by atoms with van der Waals surface area (Å²) in [6.45, 7) is 3.89. The molecule has 2 N–H and O–H groups in total. The van der Waals surface area contributed by atoms with Crippen LogP contribution < -0.4 is 15.4 Å². The van der Waals surface area contributed by atoms with Crippen molar-refractivity contribution < 1.29 is 14.3 Å². The second kappa shape index (κ2) is 5.15. The minimum absolute atomic E-state index is 0.143. The minimum Gasteiger partial charge on any atom is -0.494 e. The fourth-order valence-electron chi connectivity index (χ4n) is 2.72. The van der Waals surface area contributed by atoms with E-state index in [-0.39, 0.29) is 18.2 Å². The summed E-state index contributed by atoms with van der Waals surface area (Å²) in [4.78, 5) is 26.2. The van der Waals surface area contributed by atoms with Gasteiger partial charge in [0.1, 0.15) is 5.75 Å². The van der Waals surface area contributed by atoms with E-state index in [4.69, 9.17) is 10.5 Å². The first-order chi connectivity index (χ1) is 9.49. The van der Waals surface area contributed by atoms with E-state index in [0.717, 1.165) is 0 Å². The average molecular weight is 276 g/mol. The molecule has 1 heterocycles. The molecule has 5 heteroatoms. The van der Waals surface area contributed by atoms with Crippen LogP contribution in [0.4, 0.5) is 11.4 Å². The van der Waals surface area contributed by atoms with Crippen molar-refractivity contribution >= 4 is 23.2 Å². The third-order valence-electron chi connectivity index (χ3n) is 4.19. The molecule has 0 aromatic heterocycles. The zero-order chi connectivity index (χ0) is 14.9. The molecule has 108 valence electrons. The Morgan fingerprint density at radius 1 is 1.30 bits per heavy atom. The number of carbonyl (C=O) groups is 2. The molecule has 5 nitrogen and oxygen atoms in total. The normalized spacial score (nSPS) is 17.6. The molecule has 0 bridgehead atoms. The SMILES string of the molecule is CCC1(CC)CC(=O)N(c2ccc(N)cc2OC)C1=O. The smallest absolute Gasteiger partial charge is 0.240 e. The number of imide groups is 1. The second-order valence-electron chi connectivity index (χ2n) is 5.13. The number of ether oxygens (including phenoxy) is 1. The molecule has 20 heavy (non-hydrogen) atoms. The van der Waals surface area contributed by atoms with Crippen LogP contribution in [0.3, 0.4) is 0 Å². The van der Waals surface area contributed by atoms with Crippen molar-refractivity contribution in [3.05, 3.63) is 18.2 Å². The van der Waals surface area contributed by atoms with Gasteiger partial charge >= 0.3 is 0 Å². The van der Waals surface area contributed by atoms with E-state index >= 15 is 0 Å². The Morgan fingerprint density at radius 3 is 2.45 bits per heavy atom. The number of nitrogens with zero attached hydrogens (tertiary/aromatic N) is 1. The van der Waals surface area contributed by atoms with Gasteiger partial charge in [0.25, 0.3) is 0 Å². The maximum atomic E-state index is 12.7. The summed E-state index contributed by atoms with van der Waals surface area (Å²) < 4.78 is 5.24. The Bertz CT molecular complexity index is 550. The molecule has 1 aliphatic heterocycles. The summed E-state index contributed by atoms with van der Waals surface area (Å²) >= 11 is 0. The number of hydrogen-bond donors (Lipinski definition) is 1. The van der Waals surface area contributed by atoms with Gasteiger partial charge in [0, 0.05) is 18.2 Å². The van der Waals surface area contributed by atoms with Crippen LogP contribution in [0, 0.1) is 5.41 Å². The molecule has 1 aromatic carbocycles. The van der Waals surface area contributed by atoms with E-state index in [1.54, 1.807) is 18.2 Å². The topological polar surface area (TPSA) is 72.6 Å². The van der Waals surface area contributed by atoms with E-state index in [9.17, 15) is 9.59 Å². The van der Waals surface area contributed by atoms with Crippen LogP contribution in [-0.2, 0) is 9.59 Å². The Hall–Kier alpha value is -2.04. The Morgan fingerprint density at radius 2 is 1.95 bits per heavy atom. The monoisotopic (exact) mass is 276 g/mol. The molecule has 1 aromatic rings. The van der Waals surface area contributed by atoms with Gasteiger partial charge in [-0.15, -0.1) is 0 Å². The lowest BCUT2D eigenvalue weighted by atomic mass is 9.81. The molecule has 1 fully saturated rings. The summed E-state index contributed by atoms with van der Waals surface area (Å²) in [6.07, 6.45) is 1.57. The van der Waals surface area contributed by atoms with E-state index in [1.165, 1.54) is 12.0 Å². The average Bonchev–Trinajstić information content (AvgIpc) is 2.70. The molecule has 2 amide bonds. The zero-order valence-electron chi connectivity index (χ0n) is 12.1. The molecular weight excluding hydrogens is 256 g/mol. The zero-order valence-corrected chi connectivity index (χ0v) is 12.1. The van der Waals surface area contributed by atoms with Crippen molar-refractivity contribution in [1.29, 1.82) is 0 Å². The molecule has 1 aliphatic rings. The number of nitrogens with two attached hydrogens (primary N) is 1. The minimum atomic E-state index is -0.580. The van der Waals surface area contributed by atoms with Crippen LogP contribution in [0.1, 0.15) is 33.1 Å². The molecule has 0 radical (unpaired) electrons. The van der Waals surface area contributed by atoms with Crippen LogP contribution in [0.5, 0.6) is 5.75 Å². The number of amides is 2. The van der Waals surface area contributed by atoms with Crippen LogP contribution in [-0.4, -0.2) is 18.9 Å². The van der Waals surface area contributed by atoms with E-state index in [0.29, 0.717) is 30.0 Å². The van der Waals surface area contributed by atoms with Crippen LogP contribution in [0.25, 0.3) is 0 Å². The molecule has 0 aliphatic carbocycles. The number of carbonyl (C=O) groups excluding carboxylic acids is 2. The standard InChI is InChI=1S/C15H20N2O3/c1-4-15(5-2)9-13(18)17(14(15)19)11-7-6-10(16)8-12(11)20-3/h6-8H,4-5,9,16H2,1-3H3. The van der Waals surface area contributed by atoms with Crippen molar-refractivity contribution in [3.8, 4) is 5.75 Å². The van der Waals surface area contributed by atoms with Gasteiger partial charge < -0.3 is 10.5 Å². The predicted octanol–water partition coefficient (Wildman–Crippen LogP) is 2.35. The maximum Gasteiger partial charge on any atom is 0.240 e. The van der Waals surface area contributed by atoms with Gasteiger partial charge in [-0.2, -0.15) is 0 Å². The number of rotatable bonds is 4. The molecule has 0 atom stereocenters. The lowest BCUT2D eigenvalue weighted by Crippen LogP contribution is -2.35. The number of nitrogen functional groups attached to an aromatic ring is 1. The van der Waals surface area contributed by atoms with Crippen molar-refractivity contribution in [2.75, 3.05) is 17.7 Å². The number of hydrogen-bond acceptors (Lipinski definition) is 4. The van der Waals surface area contributed by atoms with Crippen molar-refractivity contribution in [2.45, 2.75) is 33.1 Å². The van der Waals surface area contributed by atoms with E-state index < -0.39 is 5.41 Å². The van der Waals surface area contributed by atoms with Gasteiger partial charge in [0.05, 0.1) is 18.2 Å². The van der Waals surface area contributed by atoms with Gasteiger partial charge in [0.15, 0.2) is 0 Å². The van der Waals surface area contributed by atoms with Crippen molar-refractivity contribution in [1.82, 2.24) is 0 Å². The lowest BCUT2D eigenvalue weighted by molar-refractivity contribution is -0.126. The fraction of sp³-hybridized carbons (Fsp3) is 0.467. The van der Waals surface area contributed by atoms with E-state index in [2.05, 4.69) is 0 Å². The molecule has 1 saturated heterocycles. The lowest BCUT2D eigenvalue weighted by Gasteiger charge is -2.24. The largest absolute Gasteiger partial charge is 0.494 e. The predicted molar refractivity (Wildman–Crippen MR) is 77.5 cm³/mol. The van der Waals surface area contributed by atoms with Crippen LogP contribution >= 0.6 is 0 Å². The third kappa shape index (κ3) is 2.03. The summed E-state index contributed by atoms with van der Waals surface area (Å²) in [5, 5.41) is 0. The van der Waals surface area contributed by atoms with Gasteiger partial charge in [0.2, 0.25) is 11.8 Å². The first-order valence-corrected chi connectivity index (χ1v) is 6.80. The summed E-state index contributed by atoms with van der Waals surface area (Å²) in [7, 11) is 1.50. The van der Waals surface area contributed by atoms with Crippen LogP contribution in [0.2, 0.25) is 0 Å². The molecule has 2 rings (SSSR count).